The number of methoxy groups -OCH3 is 1. The molecule has 0 radical (unpaired) electrons. The lowest BCUT2D eigenvalue weighted by molar-refractivity contribution is 0.0599. The van der Waals surface area contributed by atoms with E-state index in [4.69, 9.17) is 0 Å². The molecule has 1 atom stereocenters. The second-order valence-electron chi connectivity index (χ2n) is 10.0. The van der Waals surface area contributed by atoms with Gasteiger partial charge in [0.15, 0.2) is 5.82 Å². The minimum Gasteiger partial charge on any atom is -0.465 e. The number of anilines is 1. The van der Waals surface area contributed by atoms with E-state index in [2.05, 4.69) is 19.9 Å². The summed E-state index contributed by atoms with van der Waals surface area (Å²) in [6.45, 7) is 3.25. The molecule has 3 aromatic heterocycles. The zero-order chi connectivity index (χ0) is 28.7. The molecule has 1 saturated heterocycles. The molecule has 210 valence electrons. The number of halogens is 3. The smallest absolute Gasteiger partial charge is 0.338 e. The monoisotopic (exact) mass is 553 g/mol. The molecule has 11 heteroatoms. The van der Waals surface area contributed by atoms with Crippen LogP contribution in [0.15, 0.2) is 47.5 Å². The van der Waals surface area contributed by atoms with E-state index in [1.165, 1.54) is 16.8 Å². The second kappa shape index (κ2) is 10.8. The quantitative estimate of drug-likeness (QED) is 0.342. The molecule has 0 spiro atoms. The first-order valence-electron chi connectivity index (χ1n) is 13.0. The highest BCUT2D eigenvalue weighted by Gasteiger charge is 2.30. The van der Waals surface area contributed by atoms with Gasteiger partial charge < -0.3 is 14.6 Å². The van der Waals surface area contributed by atoms with Crippen LogP contribution in [0.25, 0.3) is 16.7 Å². The highest BCUT2D eigenvalue weighted by molar-refractivity contribution is 5.89. The van der Waals surface area contributed by atoms with Crippen LogP contribution in [0.3, 0.4) is 0 Å². The van der Waals surface area contributed by atoms with Gasteiger partial charge in [0.1, 0.15) is 17.3 Å². The van der Waals surface area contributed by atoms with Gasteiger partial charge in [-0.15, -0.1) is 0 Å². The number of piperidine rings is 1. The van der Waals surface area contributed by atoms with E-state index in [9.17, 15) is 22.8 Å². The zero-order valence-electron chi connectivity index (χ0n) is 22.7. The Morgan fingerprint density at radius 2 is 1.77 bits per heavy atom. The molecule has 4 aromatic rings. The Labute approximate surface area is 229 Å². The van der Waals surface area contributed by atoms with Crippen LogP contribution in [0.4, 0.5) is 18.9 Å². The van der Waals surface area contributed by atoms with E-state index in [0.29, 0.717) is 42.7 Å². The van der Waals surface area contributed by atoms with Crippen LogP contribution in [-0.2, 0) is 11.8 Å². The number of nitrogens with one attached hydrogen (secondary N) is 1. The van der Waals surface area contributed by atoms with Crippen molar-refractivity contribution in [3.05, 3.63) is 87.4 Å². The predicted octanol–water partition coefficient (Wildman–Crippen LogP) is 4.91. The van der Waals surface area contributed by atoms with E-state index < -0.39 is 23.4 Å². The second-order valence-corrected chi connectivity index (χ2v) is 10.0. The van der Waals surface area contributed by atoms with Crippen molar-refractivity contribution in [2.45, 2.75) is 31.7 Å². The Bertz CT molecular complexity index is 1630. The summed E-state index contributed by atoms with van der Waals surface area (Å²) in [5, 5.41) is 3.38. The Hall–Kier alpha value is -4.12. The molecule has 0 saturated carbocycles. The van der Waals surface area contributed by atoms with Gasteiger partial charge in [-0.25, -0.2) is 22.9 Å². The Morgan fingerprint density at radius 3 is 2.40 bits per heavy atom. The molecule has 8 nitrogen and oxygen atoms in total. The first-order valence-corrected chi connectivity index (χ1v) is 13.0. The van der Waals surface area contributed by atoms with Crippen LogP contribution in [0.2, 0.25) is 0 Å². The van der Waals surface area contributed by atoms with Gasteiger partial charge in [-0.3, -0.25) is 14.3 Å². The molecule has 5 rings (SSSR count). The largest absolute Gasteiger partial charge is 0.465 e. The minimum absolute atomic E-state index is 0.000342. The SMILES string of the molecule is CNc1cc(=O)n(-c2ccnc3c2cc(C(C)N2CCC(c4c(F)cc(C(=O)OC)cc4F)CC2)n3C)cc1F. The number of hydrogen-bond acceptors (Lipinski definition) is 6. The van der Waals surface area contributed by atoms with Crippen LogP contribution in [-0.4, -0.2) is 52.2 Å². The number of fused-ring (bicyclic) bond motifs is 1. The highest BCUT2D eigenvalue weighted by atomic mass is 19.1. The van der Waals surface area contributed by atoms with Gasteiger partial charge in [0, 0.05) is 49.0 Å². The van der Waals surface area contributed by atoms with Crippen LogP contribution >= 0.6 is 0 Å². The maximum atomic E-state index is 14.8. The Balaban J connectivity index is 1.40. The third-order valence-corrected chi connectivity index (χ3v) is 7.89. The predicted molar refractivity (Wildman–Crippen MR) is 145 cm³/mol. The molecule has 40 heavy (non-hydrogen) atoms. The molecule has 0 aliphatic carbocycles. The van der Waals surface area contributed by atoms with E-state index in [1.807, 2.05) is 24.6 Å². The molecule has 0 bridgehead atoms. The molecular formula is C29H30F3N5O3. The average molecular weight is 554 g/mol. The van der Waals surface area contributed by atoms with Crippen molar-refractivity contribution in [3.63, 3.8) is 0 Å². The van der Waals surface area contributed by atoms with Crippen LogP contribution in [0.1, 0.15) is 53.3 Å². The number of carbonyl (C=O) groups excluding carboxylic acids is 1. The van der Waals surface area contributed by atoms with Crippen molar-refractivity contribution < 1.29 is 22.7 Å². The van der Waals surface area contributed by atoms with Crippen molar-refractivity contribution in [2.75, 3.05) is 32.6 Å². The summed E-state index contributed by atoms with van der Waals surface area (Å²) in [5.74, 6) is -3.14. The summed E-state index contributed by atoms with van der Waals surface area (Å²) in [4.78, 5) is 31.2. The van der Waals surface area contributed by atoms with Gasteiger partial charge in [0.2, 0.25) is 0 Å². The van der Waals surface area contributed by atoms with Crippen molar-refractivity contribution in [2.24, 2.45) is 7.05 Å². The molecule has 1 fully saturated rings. The number of esters is 1. The van der Waals surface area contributed by atoms with Gasteiger partial charge in [-0.1, -0.05) is 0 Å². The van der Waals surface area contributed by atoms with Gasteiger partial charge in [-0.05, 0) is 63.0 Å². The summed E-state index contributed by atoms with van der Waals surface area (Å²) in [6, 6.07) is 6.84. The normalized spacial score (nSPS) is 15.4. The third kappa shape index (κ3) is 4.74. The summed E-state index contributed by atoms with van der Waals surface area (Å²) in [5.41, 5.74) is 1.70. The van der Waals surface area contributed by atoms with Gasteiger partial charge in [0.25, 0.3) is 5.56 Å². The number of nitrogens with zero attached hydrogens (tertiary/aromatic N) is 4. The van der Waals surface area contributed by atoms with Gasteiger partial charge in [0.05, 0.1) is 30.2 Å². The minimum atomic E-state index is -0.786. The molecule has 0 amide bonds. The topological polar surface area (TPSA) is 81.4 Å². The van der Waals surface area contributed by atoms with Crippen LogP contribution in [0, 0.1) is 17.5 Å². The van der Waals surface area contributed by atoms with Crippen molar-refractivity contribution in [1.82, 2.24) is 19.0 Å². The number of aromatic nitrogens is 3. The molecular weight excluding hydrogens is 523 g/mol. The van der Waals surface area contributed by atoms with Gasteiger partial charge >= 0.3 is 5.97 Å². The van der Waals surface area contributed by atoms with Crippen LogP contribution < -0.4 is 10.9 Å². The number of aryl methyl sites for hydroxylation is 1. The van der Waals surface area contributed by atoms with E-state index in [-0.39, 0.29) is 34.3 Å². The molecule has 4 heterocycles. The lowest BCUT2D eigenvalue weighted by Gasteiger charge is -2.36. The number of hydrogen-bond donors (Lipinski definition) is 1. The summed E-state index contributed by atoms with van der Waals surface area (Å²) in [7, 11) is 4.60. The van der Waals surface area contributed by atoms with E-state index in [0.717, 1.165) is 24.9 Å². The van der Waals surface area contributed by atoms with E-state index >= 15 is 0 Å². The first kappa shape index (κ1) is 27.4. The molecule has 1 aliphatic rings. The fourth-order valence-corrected chi connectivity index (χ4v) is 5.70. The molecule has 1 aromatic carbocycles. The zero-order valence-corrected chi connectivity index (χ0v) is 22.7. The highest BCUT2D eigenvalue weighted by Crippen LogP contribution is 2.36. The standard InChI is InChI=1S/C29H30F3N5O3/c1-16(36-9-6-17(7-10-36)27-20(30)11-18(12-21(27)31)29(39)40-4)25-13-19-24(5-8-34-28(19)35(25)3)37-15-22(32)23(33-2)14-26(37)38/h5,8,11-17,33H,6-7,9-10H2,1-4H3. The van der Waals surface area contributed by atoms with Crippen molar-refractivity contribution >= 4 is 22.7 Å². The lowest BCUT2D eigenvalue weighted by atomic mass is 9.87. The number of likely N-dealkylation sites (tertiary alicyclic amines) is 1. The molecule has 1 N–H and O–H groups in total. The van der Waals surface area contributed by atoms with Crippen LogP contribution in [0.5, 0.6) is 0 Å². The number of carbonyl (C=O) groups is 1. The molecule has 1 unspecified atom stereocenters. The number of pyridine rings is 2. The number of benzene rings is 1. The Kier molecular flexibility index (Phi) is 7.41. The number of rotatable bonds is 6. The fraction of sp³-hybridized carbons (Fsp3) is 0.345. The summed E-state index contributed by atoms with van der Waals surface area (Å²) in [6.07, 6.45) is 3.83. The summed E-state index contributed by atoms with van der Waals surface area (Å²) < 4.78 is 52.0. The lowest BCUT2D eigenvalue weighted by Crippen LogP contribution is -2.36. The molecule has 1 aliphatic heterocycles. The maximum absolute atomic E-state index is 14.8. The maximum Gasteiger partial charge on any atom is 0.338 e. The third-order valence-electron chi connectivity index (χ3n) is 7.89. The number of ether oxygens (including phenoxy) is 1. The summed E-state index contributed by atoms with van der Waals surface area (Å²) >= 11 is 0. The van der Waals surface area contributed by atoms with Crippen molar-refractivity contribution in [3.8, 4) is 5.69 Å². The fourth-order valence-electron chi connectivity index (χ4n) is 5.70. The van der Waals surface area contributed by atoms with E-state index in [1.54, 1.807) is 19.3 Å². The van der Waals surface area contributed by atoms with Gasteiger partial charge in [-0.2, -0.15) is 0 Å². The Morgan fingerprint density at radius 1 is 1.10 bits per heavy atom. The van der Waals surface area contributed by atoms with Crippen molar-refractivity contribution in [1.29, 1.82) is 0 Å². The average Bonchev–Trinajstić information content (AvgIpc) is 3.29. The first-order chi connectivity index (χ1) is 19.1.